The number of rotatable bonds is 5. The number of carbonyl (C=O) groups excluding carboxylic acids is 1. The summed E-state index contributed by atoms with van der Waals surface area (Å²) in [6, 6.07) is 2.84. The lowest BCUT2D eigenvalue weighted by molar-refractivity contribution is -0.138. The molecule has 19 heavy (non-hydrogen) atoms. The summed E-state index contributed by atoms with van der Waals surface area (Å²) in [7, 11) is 0. The molecule has 0 aliphatic rings. The minimum atomic E-state index is -1.18. The minimum Gasteiger partial charge on any atom is -0.481 e. The van der Waals surface area contributed by atoms with Gasteiger partial charge in [-0.25, -0.2) is 4.79 Å². The SMILES string of the molecule is NC(CC(=O)O)C(=O)Nc1ccc(C(=O)O)cc1Br. The second-order valence-corrected chi connectivity index (χ2v) is 4.55. The maximum Gasteiger partial charge on any atom is 0.335 e. The third kappa shape index (κ3) is 4.34. The molecule has 0 fully saturated rings. The van der Waals surface area contributed by atoms with E-state index in [-0.39, 0.29) is 5.56 Å². The monoisotopic (exact) mass is 330 g/mol. The predicted octanol–water partition coefficient (Wildman–Crippen LogP) is 0.888. The van der Waals surface area contributed by atoms with E-state index in [0.29, 0.717) is 10.2 Å². The summed E-state index contributed by atoms with van der Waals surface area (Å²) in [6.07, 6.45) is -0.489. The van der Waals surface area contributed by atoms with E-state index in [0.717, 1.165) is 0 Å². The van der Waals surface area contributed by atoms with E-state index in [9.17, 15) is 14.4 Å². The van der Waals surface area contributed by atoms with Crippen molar-refractivity contribution in [2.75, 3.05) is 5.32 Å². The molecule has 1 aromatic rings. The van der Waals surface area contributed by atoms with Crippen molar-refractivity contribution < 1.29 is 24.6 Å². The van der Waals surface area contributed by atoms with Crippen molar-refractivity contribution in [3.8, 4) is 0 Å². The number of nitrogens with one attached hydrogen (secondary N) is 1. The minimum absolute atomic E-state index is 0.0553. The molecule has 1 unspecified atom stereocenters. The molecule has 0 saturated heterocycles. The van der Waals surface area contributed by atoms with Gasteiger partial charge in [-0.3, -0.25) is 9.59 Å². The van der Waals surface area contributed by atoms with Crippen molar-refractivity contribution in [1.29, 1.82) is 0 Å². The molecule has 0 spiro atoms. The van der Waals surface area contributed by atoms with Crippen LogP contribution in [-0.4, -0.2) is 34.1 Å². The lowest BCUT2D eigenvalue weighted by Crippen LogP contribution is -2.37. The van der Waals surface area contributed by atoms with Gasteiger partial charge < -0.3 is 21.3 Å². The average Bonchev–Trinajstić information content (AvgIpc) is 2.30. The van der Waals surface area contributed by atoms with Crippen LogP contribution in [-0.2, 0) is 9.59 Å². The average molecular weight is 331 g/mol. The van der Waals surface area contributed by atoms with Crippen molar-refractivity contribution in [2.45, 2.75) is 12.5 Å². The van der Waals surface area contributed by atoms with Gasteiger partial charge in [-0.05, 0) is 34.1 Å². The van der Waals surface area contributed by atoms with Crippen LogP contribution < -0.4 is 11.1 Å². The molecule has 0 heterocycles. The second kappa shape index (κ2) is 6.30. The van der Waals surface area contributed by atoms with Gasteiger partial charge in [0, 0.05) is 4.47 Å². The Morgan fingerprint density at radius 2 is 1.95 bits per heavy atom. The first-order chi connectivity index (χ1) is 8.81. The largest absolute Gasteiger partial charge is 0.481 e. The molecule has 0 aliphatic carbocycles. The Morgan fingerprint density at radius 1 is 1.32 bits per heavy atom. The van der Waals surface area contributed by atoms with Crippen molar-refractivity contribution in [1.82, 2.24) is 0 Å². The van der Waals surface area contributed by atoms with Gasteiger partial charge in [0.05, 0.1) is 23.7 Å². The number of hydrogen-bond acceptors (Lipinski definition) is 4. The molecule has 1 aromatic carbocycles. The first kappa shape index (κ1) is 15.1. The zero-order valence-electron chi connectivity index (χ0n) is 9.59. The number of carboxylic acid groups (broad SMARTS) is 2. The summed E-state index contributed by atoms with van der Waals surface area (Å²) in [6.45, 7) is 0. The van der Waals surface area contributed by atoms with Crippen molar-refractivity contribution >= 4 is 39.5 Å². The predicted molar refractivity (Wildman–Crippen MR) is 70.0 cm³/mol. The summed E-state index contributed by atoms with van der Waals surface area (Å²) in [4.78, 5) is 32.7. The molecule has 102 valence electrons. The van der Waals surface area contributed by atoms with Gasteiger partial charge in [-0.15, -0.1) is 0 Å². The molecule has 0 aliphatic heterocycles. The lowest BCUT2D eigenvalue weighted by Gasteiger charge is -2.11. The molecular formula is C11H11BrN2O5. The standard InChI is InChI=1S/C11H11BrN2O5/c12-6-3-5(11(18)19)1-2-8(6)14-10(17)7(13)4-9(15)16/h1-3,7H,4,13H2,(H,14,17)(H,15,16)(H,18,19). The van der Waals surface area contributed by atoms with Crippen LogP contribution in [0.25, 0.3) is 0 Å². The van der Waals surface area contributed by atoms with Crippen LogP contribution in [0.3, 0.4) is 0 Å². The first-order valence-corrected chi connectivity index (χ1v) is 5.91. The molecule has 1 rings (SSSR count). The van der Waals surface area contributed by atoms with E-state index in [1.54, 1.807) is 0 Å². The van der Waals surface area contributed by atoms with Crippen LogP contribution in [0.15, 0.2) is 22.7 Å². The highest BCUT2D eigenvalue weighted by Gasteiger charge is 2.18. The number of carbonyl (C=O) groups is 3. The number of amides is 1. The molecule has 1 atom stereocenters. The van der Waals surface area contributed by atoms with Crippen LogP contribution >= 0.6 is 15.9 Å². The fourth-order valence-corrected chi connectivity index (χ4v) is 1.73. The van der Waals surface area contributed by atoms with Crippen LogP contribution in [0.2, 0.25) is 0 Å². The van der Waals surface area contributed by atoms with Gasteiger partial charge in [-0.1, -0.05) is 0 Å². The highest BCUT2D eigenvalue weighted by atomic mass is 79.9. The molecule has 8 heteroatoms. The zero-order valence-corrected chi connectivity index (χ0v) is 11.2. The molecule has 0 radical (unpaired) electrons. The van der Waals surface area contributed by atoms with Gasteiger partial charge in [0.1, 0.15) is 0 Å². The Bertz CT molecular complexity index is 532. The normalized spacial score (nSPS) is 11.7. The zero-order chi connectivity index (χ0) is 14.6. The van der Waals surface area contributed by atoms with Gasteiger partial charge in [0.2, 0.25) is 5.91 Å². The number of aliphatic carboxylic acids is 1. The fourth-order valence-electron chi connectivity index (χ4n) is 1.26. The lowest BCUT2D eigenvalue weighted by atomic mass is 10.2. The fraction of sp³-hybridized carbons (Fsp3) is 0.182. The van der Waals surface area contributed by atoms with E-state index < -0.39 is 30.3 Å². The summed E-state index contributed by atoms with van der Waals surface area (Å²) >= 11 is 3.11. The number of nitrogens with two attached hydrogens (primary N) is 1. The smallest absolute Gasteiger partial charge is 0.335 e. The van der Waals surface area contributed by atoms with E-state index in [1.165, 1.54) is 18.2 Å². The maximum atomic E-state index is 11.6. The van der Waals surface area contributed by atoms with Crippen molar-refractivity contribution in [2.24, 2.45) is 5.73 Å². The van der Waals surface area contributed by atoms with Crippen LogP contribution in [0.4, 0.5) is 5.69 Å². The van der Waals surface area contributed by atoms with Crippen molar-refractivity contribution in [3.63, 3.8) is 0 Å². The molecule has 1 amide bonds. The molecule has 0 saturated carbocycles. The summed E-state index contributed by atoms with van der Waals surface area (Å²) in [5, 5.41) is 19.7. The molecule has 0 aromatic heterocycles. The van der Waals surface area contributed by atoms with E-state index >= 15 is 0 Å². The maximum absolute atomic E-state index is 11.6. The summed E-state index contributed by atoms with van der Waals surface area (Å²) in [5.74, 6) is -2.93. The number of halogens is 1. The van der Waals surface area contributed by atoms with Gasteiger partial charge in [-0.2, -0.15) is 0 Å². The number of carboxylic acids is 2. The van der Waals surface area contributed by atoms with Crippen molar-refractivity contribution in [3.05, 3.63) is 28.2 Å². The third-order valence-corrected chi connectivity index (χ3v) is 2.86. The molecule has 5 N–H and O–H groups in total. The van der Waals surface area contributed by atoms with Gasteiger partial charge in [0.15, 0.2) is 0 Å². The van der Waals surface area contributed by atoms with Crippen LogP contribution in [0.1, 0.15) is 16.8 Å². The summed E-state index contributed by atoms with van der Waals surface area (Å²) < 4.78 is 0.364. The Hall–Kier alpha value is -1.93. The van der Waals surface area contributed by atoms with E-state index in [4.69, 9.17) is 15.9 Å². The molecule has 0 bridgehead atoms. The Labute approximate surface area is 116 Å². The number of anilines is 1. The van der Waals surface area contributed by atoms with Crippen LogP contribution in [0.5, 0.6) is 0 Å². The third-order valence-electron chi connectivity index (χ3n) is 2.21. The van der Waals surface area contributed by atoms with Gasteiger partial charge >= 0.3 is 11.9 Å². The second-order valence-electron chi connectivity index (χ2n) is 3.69. The topological polar surface area (TPSA) is 130 Å². The number of aromatic carboxylic acids is 1. The first-order valence-electron chi connectivity index (χ1n) is 5.12. The highest BCUT2D eigenvalue weighted by Crippen LogP contribution is 2.23. The molecular weight excluding hydrogens is 320 g/mol. The van der Waals surface area contributed by atoms with Crippen LogP contribution in [0, 0.1) is 0 Å². The molecule has 7 nitrogen and oxygen atoms in total. The Balaban J connectivity index is 2.80. The number of benzene rings is 1. The Kier molecular flexibility index (Phi) is 5.02. The summed E-state index contributed by atoms with van der Waals surface area (Å²) in [5.41, 5.74) is 5.76. The van der Waals surface area contributed by atoms with E-state index in [2.05, 4.69) is 21.2 Å². The number of hydrogen-bond donors (Lipinski definition) is 4. The Morgan fingerprint density at radius 3 is 2.42 bits per heavy atom. The quantitative estimate of drug-likeness (QED) is 0.634. The van der Waals surface area contributed by atoms with Gasteiger partial charge in [0.25, 0.3) is 0 Å². The highest BCUT2D eigenvalue weighted by molar-refractivity contribution is 9.10. The van der Waals surface area contributed by atoms with E-state index in [1.807, 2.05) is 0 Å².